The molecule has 0 aromatic carbocycles. The molecule has 1 N–H and O–H groups in total. The SMILES string of the molecule is CC1CCCCC1CNC1CCc2sc(Cl)cc21. The molecule has 2 aliphatic rings. The molecule has 1 nitrogen and oxygen atoms in total. The molecule has 1 fully saturated rings. The Kier molecular flexibility index (Phi) is 3.97. The standard InChI is InChI=1S/C15H22ClNS/c1-10-4-2-3-5-11(10)9-17-13-6-7-14-12(13)8-15(16)18-14/h8,10-11,13,17H,2-7,9H2,1H3. The van der Waals surface area contributed by atoms with E-state index >= 15 is 0 Å². The maximum atomic E-state index is 6.11. The van der Waals surface area contributed by atoms with Gasteiger partial charge in [-0.15, -0.1) is 11.3 Å². The minimum Gasteiger partial charge on any atom is -0.310 e. The summed E-state index contributed by atoms with van der Waals surface area (Å²) in [6.07, 6.45) is 8.18. The van der Waals surface area contributed by atoms with Gasteiger partial charge in [0.05, 0.1) is 4.34 Å². The Labute approximate surface area is 119 Å². The van der Waals surface area contributed by atoms with Gasteiger partial charge >= 0.3 is 0 Å². The predicted octanol–water partition coefficient (Wildman–Crippen LogP) is 4.80. The van der Waals surface area contributed by atoms with E-state index in [4.69, 9.17) is 11.6 Å². The van der Waals surface area contributed by atoms with E-state index in [1.165, 1.54) is 55.5 Å². The third-order valence-corrected chi connectivity index (χ3v) is 6.10. The lowest BCUT2D eigenvalue weighted by molar-refractivity contribution is 0.240. The van der Waals surface area contributed by atoms with Crippen molar-refractivity contribution >= 4 is 22.9 Å². The van der Waals surface area contributed by atoms with Gasteiger partial charge in [0, 0.05) is 10.9 Å². The van der Waals surface area contributed by atoms with E-state index in [9.17, 15) is 0 Å². The average Bonchev–Trinajstić information content (AvgIpc) is 2.88. The summed E-state index contributed by atoms with van der Waals surface area (Å²) in [6.45, 7) is 3.62. The van der Waals surface area contributed by atoms with Gasteiger partial charge in [-0.3, -0.25) is 0 Å². The molecule has 3 heteroatoms. The number of hydrogen-bond acceptors (Lipinski definition) is 2. The first kappa shape index (κ1) is 13.0. The van der Waals surface area contributed by atoms with Crippen LogP contribution in [0.4, 0.5) is 0 Å². The third kappa shape index (κ3) is 2.61. The fourth-order valence-electron chi connectivity index (χ4n) is 3.53. The molecule has 0 saturated heterocycles. The largest absolute Gasteiger partial charge is 0.310 e. The molecule has 2 aliphatic carbocycles. The summed E-state index contributed by atoms with van der Waals surface area (Å²) in [7, 11) is 0. The van der Waals surface area contributed by atoms with Crippen LogP contribution >= 0.6 is 22.9 Å². The Hall–Kier alpha value is -0.0500. The minimum absolute atomic E-state index is 0.567. The lowest BCUT2D eigenvalue weighted by Crippen LogP contribution is -2.31. The van der Waals surface area contributed by atoms with Gasteiger partial charge in [-0.25, -0.2) is 0 Å². The number of hydrogen-bond donors (Lipinski definition) is 1. The van der Waals surface area contributed by atoms with Gasteiger partial charge in [0.2, 0.25) is 0 Å². The van der Waals surface area contributed by atoms with Crippen molar-refractivity contribution in [2.75, 3.05) is 6.54 Å². The summed E-state index contributed by atoms with van der Waals surface area (Å²) < 4.78 is 0.956. The fourth-order valence-corrected chi connectivity index (χ4v) is 4.89. The Morgan fingerprint density at radius 2 is 2.17 bits per heavy atom. The Morgan fingerprint density at radius 1 is 1.33 bits per heavy atom. The van der Waals surface area contributed by atoms with Crippen LogP contribution in [0.1, 0.15) is 55.5 Å². The highest BCUT2D eigenvalue weighted by atomic mass is 35.5. The third-order valence-electron chi connectivity index (χ3n) is 4.76. The van der Waals surface area contributed by atoms with Crippen LogP contribution in [0.2, 0.25) is 4.34 Å². The van der Waals surface area contributed by atoms with Crippen molar-refractivity contribution in [2.24, 2.45) is 11.8 Å². The molecule has 1 aromatic heterocycles. The molecular weight excluding hydrogens is 262 g/mol. The molecule has 1 aromatic rings. The monoisotopic (exact) mass is 283 g/mol. The topological polar surface area (TPSA) is 12.0 Å². The molecule has 100 valence electrons. The van der Waals surface area contributed by atoms with Crippen LogP contribution in [-0.4, -0.2) is 6.54 Å². The molecule has 0 bridgehead atoms. The van der Waals surface area contributed by atoms with Crippen LogP contribution in [-0.2, 0) is 6.42 Å². The van der Waals surface area contributed by atoms with Gasteiger partial charge in [-0.05, 0) is 49.3 Å². The van der Waals surface area contributed by atoms with Crippen LogP contribution in [0.15, 0.2) is 6.07 Å². The first-order chi connectivity index (χ1) is 8.74. The smallest absolute Gasteiger partial charge is 0.0934 e. The van der Waals surface area contributed by atoms with E-state index in [0.717, 1.165) is 16.2 Å². The summed E-state index contributed by atoms with van der Waals surface area (Å²) >= 11 is 7.87. The van der Waals surface area contributed by atoms with E-state index in [2.05, 4.69) is 18.3 Å². The van der Waals surface area contributed by atoms with Crippen LogP contribution in [0.3, 0.4) is 0 Å². The van der Waals surface area contributed by atoms with Crippen LogP contribution in [0, 0.1) is 11.8 Å². The number of thiophene rings is 1. The maximum Gasteiger partial charge on any atom is 0.0934 e. The zero-order chi connectivity index (χ0) is 12.5. The highest BCUT2D eigenvalue weighted by Gasteiger charge is 2.27. The molecule has 0 amide bonds. The zero-order valence-electron chi connectivity index (χ0n) is 11.0. The highest BCUT2D eigenvalue weighted by molar-refractivity contribution is 7.16. The van der Waals surface area contributed by atoms with E-state index in [0.29, 0.717) is 6.04 Å². The number of aryl methyl sites for hydroxylation is 1. The summed E-state index contributed by atoms with van der Waals surface area (Å²) in [5.41, 5.74) is 1.48. The second-order valence-electron chi connectivity index (χ2n) is 5.95. The molecule has 0 spiro atoms. The van der Waals surface area contributed by atoms with Crippen molar-refractivity contribution < 1.29 is 0 Å². The van der Waals surface area contributed by atoms with Crippen LogP contribution in [0.25, 0.3) is 0 Å². The normalized spacial score (nSPS) is 31.6. The quantitative estimate of drug-likeness (QED) is 0.840. The van der Waals surface area contributed by atoms with Gasteiger partial charge in [-0.2, -0.15) is 0 Å². The second-order valence-corrected chi connectivity index (χ2v) is 7.72. The summed E-state index contributed by atoms with van der Waals surface area (Å²) in [5, 5.41) is 3.80. The van der Waals surface area contributed by atoms with Crippen molar-refractivity contribution in [2.45, 2.75) is 51.5 Å². The number of rotatable bonds is 3. The highest BCUT2D eigenvalue weighted by Crippen LogP contribution is 2.39. The van der Waals surface area contributed by atoms with Gasteiger partial charge in [-0.1, -0.05) is 37.8 Å². The number of halogens is 1. The molecule has 3 unspecified atom stereocenters. The van der Waals surface area contributed by atoms with Gasteiger partial charge in [0.25, 0.3) is 0 Å². The van der Waals surface area contributed by atoms with Crippen molar-refractivity contribution in [3.05, 3.63) is 20.8 Å². The molecule has 0 aliphatic heterocycles. The molecular formula is C15H22ClNS. The maximum absolute atomic E-state index is 6.11. The minimum atomic E-state index is 0.567. The summed E-state index contributed by atoms with van der Waals surface area (Å²) in [6, 6.07) is 2.74. The Morgan fingerprint density at radius 3 is 3.00 bits per heavy atom. The fraction of sp³-hybridized carbons (Fsp3) is 0.733. The Bertz CT molecular complexity index is 415. The lowest BCUT2D eigenvalue weighted by atomic mass is 9.80. The van der Waals surface area contributed by atoms with E-state index in [1.54, 1.807) is 11.3 Å². The van der Waals surface area contributed by atoms with Crippen molar-refractivity contribution in [3.8, 4) is 0 Å². The average molecular weight is 284 g/mol. The Balaban J connectivity index is 1.57. The van der Waals surface area contributed by atoms with E-state index < -0.39 is 0 Å². The first-order valence-corrected chi connectivity index (χ1v) is 8.45. The van der Waals surface area contributed by atoms with Crippen LogP contribution < -0.4 is 5.32 Å². The van der Waals surface area contributed by atoms with Gasteiger partial charge < -0.3 is 5.32 Å². The summed E-state index contributed by atoms with van der Waals surface area (Å²) in [4.78, 5) is 1.51. The van der Waals surface area contributed by atoms with Crippen molar-refractivity contribution in [3.63, 3.8) is 0 Å². The molecule has 1 saturated carbocycles. The summed E-state index contributed by atoms with van der Waals surface area (Å²) in [5.74, 6) is 1.79. The van der Waals surface area contributed by atoms with Crippen molar-refractivity contribution in [1.29, 1.82) is 0 Å². The first-order valence-electron chi connectivity index (χ1n) is 7.25. The van der Waals surface area contributed by atoms with Gasteiger partial charge in [0.1, 0.15) is 0 Å². The number of nitrogens with one attached hydrogen (secondary N) is 1. The zero-order valence-corrected chi connectivity index (χ0v) is 12.6. The number of fused-ring (bicyclic) bond motifs is 1. The lowest BCUT2D eigenvalue weighted by Gasteiger charge is -2.30. The van der Waals surface area contributed by atoms with E-state index in [-0.39, 0.29) is 0 Å². The molecule has 18 heavy (non-hydrogen) atoms. The molecule has 0 radical (unpaired) electrons. The molecule has 3 atom stereocenters. The van der Waals surface area contributed by atoms with Crippen molar-refractivity contribution in [1.82, 2.24) is 5.32 Å². The van der Waals surface area contributed by atoms with Crippen LogP contribution in [0.5, 0.6) is 0 Å². The predicted molar refractivity (Wildman–Crippen MR) is 79.5 cm³/mol. The second kappa shape index (κ2) is 5.52. The van der Waals surface area contributed by atoms with E-state index in [1.807, 2.05) is 0 Å². The molecule has 1 heterocycles. The molecule has 3 rings (SSSR count). The van der Waals surface area contributed by atoms with Gasteiger partial charge in [0.15, 0.2) is 0 Å².